The molecule has 11 nitrogen and oxygen atoms in total. The van der Waals surface area contributed by atoms with E-state index >= 15 is 8.78 Å². The molecule has 8 rings (SSSR count). The summed E-state index contributed by atoms with van der Waals surface area (Å²) in [4.78, 5) is 16.0. The molecule has 1 saturated heterocycles. The zero-order valence-corrected chi connectivity index (χ0v) is 26.2. The number of rotatable bonds is 6. The normalized spacial score (nSPS) is 16.1. The molecular weight excluding hydrogens is 622 g/mol. The van der Waals surface area contributed by atoms with Crippen LogP contribution in [-0.2, 0) is 0 Å². The van der Waals surface area contributed by atoms with Gasteiger partial charge in [0, 0.05) is 46.5 Å². The summed E-state index contributed by atoms with van der Waals surface area (Å²) in [6.45, 7) is 3.25. The van der Waals surface area contributed by atoms with Crippen LogP contribution in [0.2, 0.25) is 0 Å². The third-order valence-electron chi connectivity index (χ3n) is 9.23. The second-order valence-electron chi connectivity index (χ2n) is 11.8. The van der Waals surface area contributed by atoms with Crippen molar-refractivity contribution in [3.8, 4) is 23.2 Å². The molecule has 4 N–H and O–H groups in total. The lowest BCUT2D eigenvalue weighted by molar-refractivity contribution is 0.188. The van der Waals surface area contributed by atoms with Crippen molar-refractivity contribution in [2.45, 2.75) is 31.8 Å². The maximum absolute atomic E-state index is 17.3. The van der Waals surface area contributed by atoms with Gasteiger partial charge >= 0.3 is 6.01 Å². The number of nitrogens with zero attached hydrogens (tertiary/aromatic N) is 8. The Balaban J connectivity index is 1.46. The van der Waals surface area contributed by atoms with Crippen molar-refractivity contribution < 1.29 is 13.5 Å². The van der Waals surface area contributed by atoms with Crippen molar-refractivity contribution in [1.82, 2.24) is 34.0 Å². The van der Waals surface area contributed by atoms with Crippen LogP contribution in [0, 0.1) is 23.0 Å². The summed E-state index contributed by atoms with van der Waals surface area (Å²) < 4.78 is 42.3. The SMILES string of the molecule is C[C@H](c1cccnc1N)n1ccn2ncc3c(-c4ccc(F)c5sc(N)c(C#N)c45)c(F)c4nc(OC[C@@H]5CCCN5C)nc1c4c32. The number of hydrogen-bond acceptors (Lipinski definition) is 10. The largest absolute Gasteiger partial charge is 0.462 e. The van der Waals surface area contributed by atoms with Gasteiger partial charge in [0.2, 0.25) is 0 Å². The molecule has 1 fully saturated rings. The lowest BCUT2D eigenvalue weighted by Crippen LogP contribution is -2.30. The van der Waals surface area contributed by atoms with E-state index in [2.05, 4.69) is 26.0 Å². The Labute approximate surface area is 270 Å². The van der Waals surface area contributed by atoms with Crippen molar-refractivity contribution in [2.75, 3.05) is 31.7 Å². The van der Waals surface area contributed by atoms with E-state index < -0.39 is 11.6 Å². The summed E-state index contributed by atoms with van der Waals surface area (Å²) in [7, 11) is 2.04. The smallest absolute Gasteiger partial charge is 0.319 e. The second kappa shape index (κ2) is 10.9. The van der Waals surface area contributed by atoms with Crippen LogP contribution in [0.3, 0.4) is 0 Å². The molecule has 236 valence electrons. The average Bonchev–Trinajstić information content (AvgIpc) is 3.74. The van der Waals surface area contributed by atoms with E-state index in [1.165, 1.54) is 12.1 Å². The number of pyridine rings is 1. The van der Waals surface area contributed by atoms with E-state index in [1.807, 2.05) is 24.6 Å². The maximum atomic E-state index is 17.3. The Morgan fingerprint density at radius 2 is 2.02 bits per heavy atom. The first-order chi connectivity index (χ1) is 22.8. The highest BCUT2D eigenvalue weighted by Gasteiger charge is 2.29. The molecule has 5 aromatic heterocycles. The first-order valence-electron chi connectivity index (χ1n) is 15.1. The summed E-state index contributed by atoms with van der Waals surface area (Å²) in [5, 5.41) is 15.8. The predicted molar refractivity (Wildman–Crippen MR) is 177 cm³/mol. The van der Waals surface area contributed by atoms with Crippen LogP contribution in [0.5, 0.6) is 6.01 Å². The standard InChI is InChI=1S/C33H28F2N10OS/c1-16(18-6-3-9-39-30(18)37)44-11-12-45-28-21(14-40-45)23(19-7-8-22(34)29-24(19)20(13-36)31(38)47-29)26(35)27-25(28)32(44)42-33(41-27)46-15-17-5-4-10-43(17)2/h3,6-9,11-12,14,16-17H,4-5,10,15,38H2,1-2H3,(H2,37,39)/t16-,17+/m1/s1. The molecule has 2 aromatic carbocycles. The molecule has 0 saturated carbocycles. The van der Waals surface area contributed by atoms with Gasteiger partial charge in [-0.1, -0.05) is 12.1 Å². The number of benzene rings is 2. The van der Waals surface area contributed by atoms with Gasteiger partial charge in [-0.2, -0.15) is 20.3 Å². The summed E-state index contributed by atoms with van der Waals surface area (Å²) in [6, 6.07) is 8.30. The number of nitriles is 1. The number of nitrogens with two attached hydrogens (primary N) is 2. The van der Waals surface area contributed by atoms with Gasteiger partial charge in [0.25, 0.3) is 0 Å². The minimum Gasteiger partial charge on any atom is -0.462 e. The van der Waals surface area contributed by atoms with Gasteiger partial charge in [0.1, 0.15) is 34.8 Å². The molecule has 0 bridgehead atoms. The minimum atomic E-state index is -0.685. The quantitative estimate of drug-likeness (QED) is 0.224. The minimum absolute atomic E-state index is 0.00623. The van der Waals surface area contributed by atoms with Crippen molar-refractivity contribution >= 4 is 59.7 Å². The Kier molecular flexibility index (Phi) is 6.71. The first-order valence-corrected chi connectivity index (χ1v) is 15.9. The molecule has 1 aliphatic heterocycles. The number of likely N-dealkylation sites (tertiary alicyclic amines) is 1. The maximum Gasteiger partial charge on any atom is 0.319 e. The Morgan fingerprint density at radius 1 is 1.17 bits per heavy atom. The highest BCUT2D eigenvalue weighted by Crippen LogP contribution is 2.46. The van der Waals surface area contributed by atoms with E-state index in [-0.39, 0.29) is 49.8 Å². The van der Waals surface area contributed by atoms with E-state index in [1.54, 1.807) is 35.4 Å². The molecule has 7 aromatic rings. The Hall–Kier alpha value is -5.39. The van der Waals surface area contributed by atoms with Crippen LogP contribution in [0.15, 0.2) is 49.1 Å². The number of halogens is 2. The molecule has 47 heavy (non-hydrogen) atoms. The first kappa shape index (κ1) is 29.0. The molecule has 0 aliphatic carbocycles. The van der Waals surface area contributed by atoms with Gasteiger partial charge in [-0.15, -0.1) is 11.3 Å². The van der Waals surface area contributed by atoms with Gasteiger partial charge in [0.05, 0.1) is 33.4 Å². The van der Waals surface area contributed by atoms with Crippen molar-refractivity contribution in [2.24, 2.45) is 0 Å². The van der Waals surface area contributed by atoms with E-state index in [4.69, 9.17) is 21.2 Å². The number of fused-ring (bicyclic) bond motifs is 1. The van der Waals surface area contributed by atoms with Gasteiger partial charge in [-0.3, -0.25) is 0 Å². The van der Waals surface area contributed by atoms with Crippen LogP contribution in [0.4, 0.5) is 19.6 Å². The van der Waals surface area contributed by atoms with Crippen LogP contribution in [-0.4, -0.2) is 60.3 Å². The fraction of sp³-hybridized carbons (Fsp3) is 0.242. The molecule has 0 unspecified atom stereocenters. The zero-order valence-electron chi connectivity index (χ0n) is 25.4. The van der Waals surface area contributed by atoms with Gasteiger partial charge in [0.15, 0.2) is 11.5 Å². The van der Waals surface area contributed by atoms with E-state index in [9.17, 15) is 5.26 Å². The Bertz CT molecular complexity index is 2430. The third-order valence-corrected chi connectivity index (χ3v) is 10.3. The highest BCUT2D eigenvalue weighted by atomic mass is 32.1. The average molecular weight is 651 g/mol. The number of thiophene rings is 1. The molecule has 14 heteroatoms. The van der Waals surface area contributed by atoms with Crippen LogP contribution in [0.25, 0.3) is 48.7 Å². The van der Waals surface area contributed by atoms with Crippen molar-refractivity contribution in [3.63, 3.8) is 0 Å². The number of nitrogen functional groups attached to an aromatic ring is 2. The van der Waals surface area contributed by atoms with E-state index in [0.717, 1.165) is 36.3 Å². The lowest BCUT2D eigenvalue weighted by Gasteiger charge is -2.21. The van der Waals surface area contributed by atoms with Gasteiger partial charge < -0.3 is 25.7 Å². The number of ether oxygens (including phenoxy) is 1. The fourth-order valence-corrected chi connectivity index (χ4v) is 7.73. The highest BCUT2D eigenvalue weighted by molar-refractivity contribution is 7.23. The van der Waals surface area contributed by atoms with Gasteiger partial charge in [-0.25, -0.2) is 18.3 Å². The monoisotopic (exact) mass is 650 g/mol. The lowest BCUT2D eigenvalue weighted by atomic mass is 9.94. The topological polar surface area (TPSA) is 149 Å². The van der Waals surface area contributed by atoms with Crippen LogP contribution >= 0.6 is 11.3 Å². The Morgan fingerprint density at radius 3 is 2.79 bits per heavy atom. The number of aromatic nitrogens is 6. The number of anilines is 2. The molecular formula is C33H28F2N10OS. The van der Waals surface area contributed by atoms with Gasteiger partial charge in [-0.05, 0) is 51.1 Å². The summed E-state index contributed by atoms with van der Waals surface area (Å²) >= 11 is 0.954. The van der Waals surface area contributed by atoms with Crippen LogP contribution < -0.4 is 16.2 Å². The molecule has 6 heterocycles. The third kappa shape index (κ3) is 4.38. The summed E-state index contributed by atoms with van der Waals surface area (Å²) in [5.41, 5.74) is 14.6. The fourth-order valence-electron chi connectivity index (χ4n) is 6.79. The van der Waals surface area contributed by atoms with E-state index in [0.29, 0.717) is 39.9 Å². The molecule has 0 amide bonds. The second-order valence-corrected chi connectivity index (χ2v) is 12.8. The van der Waals surface area contributed by atoms with Crippen molar-refractivity contribution in [1.29, 1.82) is 5.26 Å². The summed E-state index contributed by atoms with van der Waals surface area (Å²) in [5.74, 6) is -0.875. The number of hydrogen-bond donors (Lipinski definition) is 2. The molecule has 0 spiro atoms. The zero-order chi connectivity index (χ0) is 32.6. The van der Waals surface area contributed by atoms with Crippen molar-refractivity contribution in [3.05, 3.63) is 71.8 Å². The van der Waals surface area contributed by atoms with Crippen LogP contribution in [0.1, 0.15) is 36.9 Å². The molecule has 1 aliphatic rings. The molecule has 0 radical (unpaired) electrons. The number of likely N-dealkylation sites (N-methyl/N-ethyl adjacent to an activating group) is 1. The summed E-state index contributed by atoms with van der Waals surface area (Å²) in [6.07, 6.45) is 8.76. The predicted octanol–water partition coefficient (Wildman–Crippen LogP) is 5.91. The molecule has 2 atom stereocenters.